The van der Waals surface area contributed by atoms with Gasteiger partial charge in [-0.15, -0.1) is 0 Å². The van der Waals surface area contributed by atoms with Crippen LogP contribution in [-0.2, 0) is 0 Å². The molecular weight excluding hydrogens is 296 g/mol. The van der Waals surface area contributed by atoms with Crippen LogP contribution in [0.25, 0.3) is 28.4 Å². The molecule has 0 saturated heterocycles. The molecule has 0 spiro atoms. The third-order valence-electron chi connectivity index (χ3n) is 3.86. The van der Waals surface area contributed by atoms with Gasteiger partial charge in [0.2, 0.25) is 0 Å². The first kappa shape index (κ1) is 14.0. The Morgan fingerprint density at radius 1 is 1.00 bits per heavy atom. The number of fused-ring (bicyclic) bond motifs is 1. The van der Waals surface area contributed by atoms with Crippen LogP contribution in [0.1, 0.15) is 11.5 Å². The molecule has 0 atom stereocenters. The highest BCUT2D eigenvalue weighted by molar-refractivity contribution is 5.91. The van der Waals surface area contributed by atoms with Crippen LogP contribution in [0.4, 0.5) is 0 Å². The van der Waals surface area contributed by atoms with Gasteiger partial charge in [0.15, 0.2) is 5.82 Å². The van der Waals surface area contributed by atoms with E-state index in [4.69, 9.17) is 4.98 Å². The van der Waals surface area contributed by atoms with Crippen LogP contribution in [0, 0.1) is 11.3 Å². The Balaban J connectivity index is 2.00. The van der Waals surface area contributed by atoms with Crippen LogP contribution in [0.15, 0.2) is 72.9 Å². The van der Waals surface area contributed by atoms with Gasteiger partial charge in [-0.25, -0.2) is 4.98 Å². The summed E-state index contributed by atoms with van der Waals surface area (Å²) in [5.74, 6) is 0.638. The van der Waals surface area contributed by atoms with Crippen molar-refractivity contribution in [3.05, 3.63) is 84.4 Å². The molecule has 2 heterocycles. The summed E-state index contributed by atoms with van der Waals surface area (Å²) in [4.78, 5) is 7.80. The number of allylic oxidation sites excluding steroid dienone is 1. The molecule has 4 rings (SSSR count). The standard InChI is InChI=1S/C20H14N4/c21-14-15(13-16-7-6-12-22-16)20-23-18-10-4-5-11-19(18)24(20)17-8-2-1-3-9-17/h1-13,22H/b15-13+. The zero-order valence-corrected chi connectivity index (χ0v) is 12.8. The highest BCUT2D eigenvalue weighted by Crippen LogP contribution is 2.26. The number of nitriles is 1. The Kier molecular flexibility index (Phi) is 3.45. The molecule has 4 aromatic rings. The van der Waals surface area contributed by atoms with E-state index in [1.165, 1.54) is 0 Å². The number of aromatic nitrogens is 3. The minimum Gasteiger partial charge on any atom is -0.362 e. The Bertz CT molecular complexity index is 1050. The van der Waals surface area contributed by atoms with Gasteiger partial charge in [0.25, 0.3) is 0 Å². The van der Waals surface area contributed by atoms with Gasteiger partial charge >= 0.3 is 0 Å². The number of imidazole rings is 1. The highest BCUT2D eigenvalue weighted by Gasteiger charge is 2.15. The number of hydrogen-bond acceptors (Lipinski definition) is 2. The van der Waals surface area contributed by atoms with E-state index in [0.717, 1.165) is 22.4 Å². The molecule has 0 saturated carbocycles. The molecule has 0 radical (unpaired) electrons. The maximum absolute atomic E-state index is 9.69. The Hall–Kier alpha value is -3.58. The molecule has 0 fully saturated rings. The molecule has 0 bridgehead atoms. The molecule has 2 aromatic heterocycles. The van der Waals surface area contributed by atoms with Crippen LogP contribution in [0.5, 0.6) is 0 Å². The van der Waals surface area contributed by atoms with Crippen LogP contribution in [0.3, 0.4) is 0 Å². The number of rotatable bonds is 3. The first-order valence-corrected chi connectivity index (χ1v) is 7.65. The fraction of sp³-hybridized carbons (Fsp3) is 0. The summed E-state index contributed by atoms with van der Waals surface area (Å²) in [5.41, 5.74) is 4.21. The SMILES string of the molecule is N#C/C(=C\c1ccc[nH]1)c1nc2ccccc2n1-c1ccccc1. The fourth-order valence-electron chi connectivity index (χ4n) is 2.78. The summed E-state index contributed by atoms with van der Waals surface area (Å²) in [6, 6.07) is 24.0. The average molecular weight is 310 g/mol. The molecule has 1 N–H and O–H groups in total. The predicted octanol–water partition coefficient (Wildman–Crippen LogP) is 4.42. The second-order valence-electron chi connectivity index (χ2n) is 5.39. The lowest BCUT2D eigenvalue weighted by Gasteiger charge is -2.08. The van der Waals surface area contributed by atoms with E-state index in [-0.39, 0.29) is 0 Å². The Labute approximate surface area is 139 Å². The van der Waals surface area contributed by atoms with Crippen molar-refractivity contribution in [1.29, 1.82) is 5.26 Å². The number of aromatic amines is 1. The van der Waals surface area contributed by atoms with Gasteiger partial charge in [0, 0.05) is 17.6 Å². The van der Waals surface area contributed by atoms with Crippen molar-refractivity contribution in [2.24, 2.45) is 0 Å². The maximum atomic E-state index is 9.69. The van der Waals surface area contributed by atoms with Gasteiger partial charge in [-0.1, -0.05) is 30.3 Å². The number of nitrogens with zero attached hydrogens (tertiary/aromatic N) is 3. The molecule has 0 amide bonds. The molecule has 0 aliphatic carbocycles. The van der Waals surface area contributed by atoms with Crippen LogP contribution < -0.4 is 0 Å². The maximum Gasteiger partial charge on any atom is 0.156 e. The molecule has 2 aromatic carbocycles. The first-order valence-electron chi connectivity index (χ1n) is 7.65. The van der Waals surface area contributed by atoms with Crippen molar-refractivity contribution < 1.29 is 0 Å². The lowest BCUT2D eigenvalue weighted by atomic mass is 10.2. The van der Waals surface area contributed by atoms with Crippen molar-refractivity contribution in [2.75, 3.05) is 0 Å². The predicted molar refractivity (Wildman–Crippen MR) is 95.3 cm³/mol. The molecular formula is C20H14N4. The summed E-state index contributed by atoms with van der Waals surface area (Å²) in [7, 11) is 0. The fourth-order valence-corrected chi connectivity index (χ4v) is 2.78. The summed E-state index contributed by atoms with van der Waals surface area (Å²) in [5, 5.41) is 9.69. The lowest BCUT2D eigenvalue weighted by Crippen LogP contribution is -2.00. The molecule has 0 unspecified atom stereocenters. The van der Waals surface area contributed by atoms with E-state index < -0.39 is 0 Å². The average Bonchev–Trinajstić information content (AvgIpc) is 3.27. The van der Waals surface area contributed by atoms with Gasteiger partial charge < -0.3 is 4.98 Å². The summed E-state index contributed by atoms with van der Waals surface area (Å²) in [6.07, 6.45) is 3.65. The van der Waals surface area contributed by atoms with E-state index in [1.54, 1.807) is 0 Å². The van der Waals surface area contributed by atoms with E-state index in [0.29, 0.717) is 11.4 Å². The van der Waals surface area contributed by atoms with Crippen molar-refractivity contribution in [3.63, 3.8) is 0 Å². The van der Waals surface area contributed by atoms with Crippen LogP contribution >= 0.6 is 0 Å². The highest BCUT2D eigenvalue weighted by atomic mass is 15.1. The second kappa shape index (κ2) is 5.90. The topological polar surface area (TPSA) is 57.4 Å². The number of para-hydroxylation sites is 3. The van der Waals surface area contributed by atoms with E-state index in [1.807, 2.05) is 83.6 Å². The molecule has 0 aliphatic rings. The molecule has 24 heavy (non-hydrogen) atoms. The van der Waals surface area contributed by atoms with Crippen molar-refractivity contribution in [2.45, 2.75) is 0 Å². The molecule has 114 valence electrons. The van der Waals surface area contributed by atoms with Gasteiger partial charge in [-0.2, -0.15) is 5.26 Å². The third-order valence-corrected chi connectivity index (χ3v) is 3.86. The second-order valence-corrected chi connectivity index (χ2v) is 5.39. The van der Waals surface area contributed by atoms with E-state index in [2.05, 4.69) is 11.1 Å². The molecule has 4 heteroatoms. The Morgan fingerprint density at radius 3 is 2.54 bits per heavy atom. The quantitative estimate of drug-likeness (QED) is 0.569. The summed E-state index contributed by atoms with van der Waals surface area (Å²) >= 11 is 0. The van der Waals surface area contributed by atoms with Crippen molar-refractivity contribution in [3.8, 4) is 11.8 Å². The third kappa shape index (κ3) is 2.38. The van der Waals surface area contributed by atoms with Gasteiger partial charge in [-0.05, 0) is 42.5 Å². The van der Waals surface area contributed by atoms with Crippen molar-refractivity contribution >= 4 is 22.7 Å². The van der Waals surface area contributed by atoms with Gasteiger partial charge in [0.1, 0.15) is 6.07 Å². The van der Waals surface area contributed by atoms with Crippen LogP contribution in [0.2, 0.25) is 0 Å². The number of nitrogens with one attached hydrogen (secondary N) is 1. The molecule has 4 nitrogen and oxygen atoms in total. The monoisotopic (exact) mass is 310 g/mol. The van der Waals surface area contributed by atoms with Gasteiger partial charge in [-0.3, -0.25) is 4.57 Å². The number of benzene rings is 2. The first-order chi connectivity index (χ1) is 11.9. The van der Waals surface area contributed by atoms with E-state index in [9.17, 15) is 5.26 Å². The van der Waals surface area contributed by atoms with E-state index >= 15 is 0 Å². The zero-order valence-electron chi connectivity index (χ0n) is 12.8. The Morgan fingerprint density at radius 2 is 1.79 bits per heavy atom. The van der Waals surface area contributed by atoms with Crippen LogP contribution in [-0.4, -0.2) is 14.5 Å². The lowest BCUT2D eigenvalue weighted by molar-refractivity contribution is 1.06. The smallest absolute Gasteiger partial charge is 0.156 e. The number of hydrogen-bond donors (Lipinski definition) is 1. The molecule has 0 aliphatic heterocycles. The summed E-state index contributed by atoms with van der Waals surface area (Å²) < 4.78 is 2.02. The minimum atomic E-state index is 0.512. The zero-order chi connectivity index (χ0) is 16.4. The summed E-state index contributed by atoms with van der Waals surface area (Å²) in [6.45, 7) is 0. The largest absolute Gasteiger partial charge is 0.362 e. The normalized spacial score (nSPS) is 11.5. The van der Waals surface area contributed by atoms with Gasteiger partial charge in [0.05, 0.1) is 16.6 Å². The number of H-pyrrole nitrogens is 1. The minimum absolute atomic E-state index is 0.512. The van der Waals surface area contributed by atoms with Crippen molar-refractivity contribution in [1.82, 2.24) is 14.5 Å².